The van der Waals surface area contributed by atoms with Gasteiger partial charge < -0.3 is 4.90 Å². The van der Waals surface area contributed by atoms with Gasteiger partial charge in [0.2, 0.25) is 5.91 Å². The van der Waals surface area contributed by atoms with E-state index in [1.165, 1.54) is 22.7 Å². The highest BCUT2D eigenvalue weighted by Gasteiger charge is 2.28. The summed E-state index contributed by atoms with van der Waals surface area (Å²) in [6.07, 6.45) is 2.96. The molecule has 2 heterocycles. The summed E-state index contributed by atoms with van der Waals surface area (Å²) >= 11 is 3.34. The Kier molecular flexibility index (Phi) is 4.94. The number of imidazole rings is 1. The van der Waals surface area contributed by atoms with Gasteiger partial charge in [-0.3, -0.25) is 23.3 Å². The maximum Gasteiger partial charge on any atom is 0.332 e. The zero-order valence-electron chi connectivity index (χ0n) is 16.6. The minimum atomic E-state index is -0.482. The van der Waals surface area contributed by atoms with Crippen molar-refractivity contribution in [2.75, 3.05) is 7.05 Å². The first-order valence-electron chi connectivity index (χ1n) is 9.46. The third-order valence-electron chi connectivity index (χ3n) is 5.79. The quantitative estimate of drug-likeness (QED) is 0.558. The van der Waals surface area contributed by atoms with Crippen LogP contribution in [0.25, 0.3) is 11.2 Å². The smallest absolute Gasteiger partial charge is 0.332 e. The lowest BCUT2D eigenvalue weighted by Crippen LogP contribution is -2.38. The summed E-state index contributed by atoms with van der Waals surface area (Å²) in [6, 6.07) is 8.24. The summed E-state index contributed by atoms with van der Waals surface area (Å²) in [6.45, 7) is -0.0211. The van der Waals surface area contributed by atoms with Gasteiger partial charge in [-0.25, -0.2) is 9.78 Å². The fraction of sp³-hybridized carbons (Fsp3) is 0.400. The molecule has 0 saturated carbocycles. The van der Waals surface area contributed by atoms with Crippen LogP contribution < -0.4 is 11.2 Å². The van der Waals surface area contributed by atoms with Crippen LogP contribution in [0.5, 0.6) is 0 Å². The number of hydrogen-bond acceptors (Lipinski definition) is 4. The number of aryl methyl sites for hydroxylation is 2. The molecule has 29 heavy (non-hydrogen) atoms. The van der Waals surface area contributed by atoms with Crippen LogP contribution in [0.4, 0.5) is 0 Å². The number of likely N-dealkylation sites (N-methyl/N-ethyl adjacent to an activating group) is 1. The third kappa shape index (κ3) is 3.13. The Labute approximate surface area is 175 Å². The van der Waals surface area contributed by atoms with Crippen molar-refractivity contribution in [3.05, 3.63) is 61.0 Å². The number of rotatable bonds is 3. The van der Waals surface area contributed by atoms with Crippen molar-refractivity contribution in [2.45, 2.75) is 31.8 Å². The molecule has 8 nitrogen and oxygen atoms in total. The predicted molar refractivity (Wildman–Crippen MR) is 113 cm³/mol. The number of nitrogens with zero attached hydrogens (tertiary/aromatic N) is 5. The first-order valence-corrected chi connectivity index (χ1v) is 10.3. The van der Waals surface area contributed by atoms with Crippen LogP contribution in [-0.4, -0.2) is 36.5 Å². The second-order valence-corrected chi connectivity index (χ2v) is 8.17. The van der Waals surface area contributed by atoms with E-state index in [0.717, 1.165) is 23.8 Å². The number of carbonyl (C=O) groups excluding carboxylic acids is 1. The van der Waals surface area contributed by atoms with Crippen molar-refractivity contribution in [1.82, 2.24) is 23.6 Å². The lowest BCUT2D eigenvalue weighted by Gasteiger charge is -2.33. The topological polar surface area (TPSA) is 82.1 Å². The number of benzene rings is 1. The Hall–Kier alpha value is -2.68. The van der Waals surface area contributed by atoms with Crippen LogP contribution in [0, 0.1) is 0 Å². The van der Waals surface area contributed by atoms with E-state index in [-0.39, 0.29) is 24.0 Å². The summed E-state index contributed by atoms with van der Waals surface area (Å²) in [5, 5.41) is 0. The molecule has 0 spiro atoms. The van der Waals surface area contributed by atoms with Gasteiger partial charge >= 0.3 is 5.69 Å². The molecule has 4 rings (SSSR count). The second-order valence-electron chi connectivity index (χ2n) is 7.46. The number of halogens is 1. The summed E-state index contributed by atoms with van der Waals surface area (Å²) in [5.74, 6) is -0.111. The average Bonchev–Trinajstić information content (AvgIpc) is 3.06. The van der Waals surface area contributed by atoms with Crippen LogP contribution in [0.15, 0.2) is 38.6 Å². The predicted octanol–water partition coefficient (Wildman–Crippen LogP) is 1.73. The summed E-state index contributed by atoms with van der Waals surface area (Å²) in [5.41, 5.74) is 2.01. The van der Waals surface area contributed by atoms with Gasteiger partial charge in [-0.15, -0.1) is 0 Å². The van der Waals surface area contributed by atoms with Gasteiger partial charge in [-0.05, 0) is 46.3 Å². The van der Waals surface area contributed by atoms with Gasteiger partial charge in [0.1, 0.15) is 6.54 Å². The number of carbonyl (C=O) groups is 1. The maximum absolute atomic E-state index is 13.1. The van der Waals surface area contributed by atoms with Gasteiger partial charge in [-0.2, -0.15) is 0 Å². The fourth-order valence-electron chi connectivity index (χ4n) is 4.15. The van der Waals surface area contributed by atoms with E-state index in [1.54, 1.807) is 23.6 Å². The standard InChI is InChI=1S/C20H22BrN5O3/c1-23(14-10-6-8-12-7-4-5-9-13(12)14)15(27)11-26-17-16(22-19(26)21)18(28)25(3)20(29)24(17)2/h4-5,7,9,14H,6,8,10-11H2,1-3H3/t14-/m1/s1. The number of amides is 1. The largest absolute Gasteiger partial charge is 0.337 e. The molecule has 0 saturated heterocycles. The molecule has 1 amide bonds. The van der Waals surface area contributed by atoms with Crippen molar-refractivity contribution in [2.24, 2.45) is 14.1 Å². The molecular weight excluding hydrogens is 438 g/mol. The normalized spacial score (nSPS) is 16.1. The molecule has 1 aromatic carbocycles. The van der Waals surface area contributed by atoms with E-state index in [4.69, 9.17) is 0 Å². The molecular formula is C20H22BrN5O3. The van der Waals surface area contributed by atoms with E-state index in [9.17, 15) is 14.4 Å². The number of fused-ring (bicyclic) bond motifs is 2. The van der Waals surface area contributed by atoms with E-state index < -0.39 is 11.2 Å². The Balaban J connectivity index is 1.71. The monoisotopic (exact) mass is 459 g/mol. The Bertz CT molecular complexity index is 1240. The Morgan fingerprint density at radius 2 is 1.97 bits per heavy atom. The molecule has 1 atom stereocenters. The third-order valence-corrected chi connectivity index (χ3v) is 6.39. The molecule has 0 bridgehead atoms. The van der Waals surface area contributed by atoms with E-state index in [1.807, 2.05) is 12.1 Å². The summed E-state index contributed by atoms with van der Waals surface area (Å²) in [4.78, 5) is 43.9. The molecule has 0 N–H and O–H groups in total. The highest BCUT2D eigenvalue weighted by atomic mass is 79.9. The van der Waals surface area contributed by atoms with Gasteiger partial charge in [0.05, 0.1) is 6.04 Å². The summed E-state index contributed by atoms with van der Waals surface area (Å²) in [7, 11) is 4.79. The second kappa shape index (κ2) is 7.29. The zero-order valence-corrected chi connectivity index (χ0v) is 18.1. The molecule has 0 fully saturated rings. The molecule has 1 aliphatic carbocycles. The number of hydrogen-bond donors (Lipinski definition) is 0. The highest BCUT2D eigenvalue weighted by Crippen LogP contribution is 2.33. The maximum atomic E-state index is 13.1. The van der Waals surface area contributed by atoms with Crippen molar-refractivity contribution in [3.63, 3.8) is 0 Å². The van der Waals surface area contributed by atoms with Crippen LogP contribution >= 0.6 is 15.9 Å². The van der Waals surface area contributed by atoms with Crippen molar-refractivity contribution < 1.29 is 4.79 Å². The van der Waals surface area contributed by atoms with E-state index >= 15 is 0 Å². The first kappa shape index (κ1) is 19.6. The SMILES string of the molecule is CN(C(=O)Cn1c(Br)nc2c(=O)n(C)c(=O)n(C)c21)[C@@H]1CCCc2ccccc21. The molecule has 9 heteroatoms. The highest BCUT2D eigenvalue weighted by molar-refractivity contribution is 9.10. The lowest BCUT2D eigenvalue weighted by atomic mass is 9.87. The Morgan fingerprint density at radius 3 is 2.72 bits per heavy atom. The van der Waals surface area contributed by atoms with Gasteiger partial charge in [0.25, 0.3) is 5.56 Å². The van der Waals surface area contributed by atoms with Crippen LogP contribution in [0.3, 0.4) is 0 Å². The minimum absolute atomic E-state index is 0.0118. The van der Waals surface area contributed by atoms with Crippen molar-refractivity contribution in [1.29, 1.82) is 0 Å². The first-order chi connectivity index (χ1) is 13.8. The average molecular weight is 460 g/mol. The minimum Gasteiger partial charge on any atom is -0.337 e. The lowest BCUT2D eigenvalue weighted by molar-refractivity contribution is -0.133. The Morgan fingerprint density at radius 1 is 1.24 bits per heavy atom. The molecule has 152 valence electrons. The number of aromatic nitrogens is 4. The van der Waals surface area contributed by atoms with E-state index in [0.29, 0.717) is 10.4 Å². The molecule has 0 unspecified atom stereocenters. The zero-order chi connectivity index (χ0) is 20.9. The molecule has 0 aliphatic heterocycles. The van der Waals surface area contributed by atoms with Crippen LogP contribution in [0.1, 0.15) is 30.0 Å². The van der Waals surface area contributed by atoms with E-state index in [2.05, 4.69) is 33.0 Å². The molecule has 3 aromatic rings. The molecule has 2 aromatic heterocycles. The fourth-order valence-corrected chi connectivity index (χ4v) is 4.62. The molecule has 0 radical (unpaired) electrons. The summed E-state index contributed by atoms with van der Waals surface area (Å²) < 4.78 is 4.28. The van der Waals surface area contributed by atoms with Gasteiger partial charge in [0, 0.05) is 21.1 Å². The van der Waals surface area contributed by atoms with Crippen LogP contribution in [-0.2, 0) is 31.9 Å². The van der Waals surface area contributed by atoms with Gasteiger partial charge in [0.15, 0.2) is 15.9 Å². The van der Waals surface area contributed by atoms with Crippen molar-refractivity contribution >= 4 is 33.0 Å². The van der Waals surface area contributed by atoms with Crippen LogP contribution in [0.2, 0.25) is 0 Å². The van der Waals surface area contributed by atoms with Crippen molar-refractivity contribution in [3.8, 4) is 0 Å². The van der Waals surface area contributed by atoms with Gasteiger partial charge in [-0.1, -0.05) is 24.3 Å². The molecule has 1 aliphatic rings.